The third-order valence-electron chi connectivity index (χ3n) is 9.97. The summed E-state index contributed by atoms with van der Waals surface area (Å²) < 4.78 is 7.20. The Labute approximate surface area is 268 Å². The fourth-order valence-corrected chi connectivity index (χ4v) is 8.07. The molecular formula is C43H26N4. The number of fused-ring (bicyclic) bond motifs is 15. The molecule has 4 heterocycles. The third-order valence-corrected chi connectivity index (χ3v) is 9.97. The van der Waals surface area contributed by atoms with E-state index in [-0.39, 0.29) is 0 Å². The molecule has 11 aromatic rings. The molecule has 0 amide bonds. The minimum atomic E-state index is 0.987. The van der Waals surface area contributed by atoms with E-state index in [1.165, 1.54) is 59.8 Å². The minimum absolute atomic E-state index is 0.987. The first kappa shape index (κ1) is 24.9. The lowest BCUT2D eigenvalue weighted by molar-refractivity contribution is 1.18. The van der Waals surface area contributed by atoms with Gasteiger partial charge >= 0.3 is 0 Å². The van der Waals surface area contributed by atoms with Gasteiger partial charge in [-0.15, -0.1) is 0 Å². The fraction of sp³-hybridized carbons (Fsp3) is 0. The van der Waals surface area contributed by atoms with E-state index in [2.05, 4.69) is 171 Å². The van der Waals surface area contributed by atoms with Crippen molar-refractivity contribution in [3.8, 4) is 11.4 Å². The Morgan fingerprint density at radius 3 is 1.64 bits per heavy atom. The molecule has 0 saturated carbocycles. The number of imidazole rings is 1. The molecule has 0 spiro atoms. The molecule has 218 valence electrons. The molecule has 0 aliphatic carbocycles. The predicted molar refractivity (Wildman–Crippen MR) is 196 cm³/mol. The second kappa shape index (κ2) is 9.09. The lowest BCUT2D eigenvalue weighted by Crippen LogP contribution is -1.96. The number of hydrogen-bond acceptors (Lipinski definition) is 1. The van der Waals surface area contributed by atoms with Crippen LogP contribution in [-0.2, 0) is 0 Å². The van der Waals surface area contributed by atoms with Gasteiger partial charge in [0.25, 0.3) is 0 Å². The maximum absolute atomic E-state index is 5.38. The molecule has 0 saturated heterocycles. The number of hydrogen-bond donors (Lipinski definition) is 0. The second-order valence-electron chi connectivity index (χ2n) is 12.4. The van der Waals surface area contributed by atoms with Gasteiger partial charge in [0.2, 0.25) is 0 Å². The fourth-order valence-electron chi connectivity index (χ4n) is 8.07. The highest BCUT2D eigenvalue weighted by molar-refractivity contribution is 6.31. The molecule has 11 rings (SSSR count). The maximum Gasteiger partial charge on any atom is 0.147 e. The van der Waals surface area contributed by atoms with E-state index in [1.54, 1.807) is 0 Å². The number of rotatable bonds is 2. The lowest BCUT2D eigenvalue weighted by Gasteiger charge is -2.13. The molecule has 0 unspecified atom stereocenters. The van der Waals surface area contributed by atoms with Crippen LogP contribution in [0.15, 0.2) is 158 Å². The molecule has 0 bridgehead atoms. The molecule has 47 heavy (non-hydrogen) atoms. The maximum atomic E-state index is 5.38. The quantitative estimate of drug-likeness (QED) is 0.182. The van der Waals surface area contributed by atoms with Gasteiger partial charge in [0.1, 0.15) is 5.65 Å². The van der Waals surface area contributed by atoms with Crippen LogP contribution in [0.4, 0.5) is 0 Å². The number of pyridine rings is 1. The van der Waals surface area contributed by atoms with Crippen molar-refractivity contribution >= 4 is 82.0 Å². The summed E-state index contributed by atoms with van der Waals surface area (Å²) in [6.45, 7) is 0. The Morgan fingerprint density at radius 1 is 0.340 bits per heavy atom. The van der Waals surface area contributed by atoms with Crippen LogP contribution in [0.1, 0.15) is 0 Å². The molecule has 7 aromatic carbocycles. The van der Waals surface area contributed by atoms with Gasteiger partial charge in [-0.05, 0) is 72.1 Å². The van der Waals surface area contributed by atoms with E-state index in [4.69, 9.17) is 4.98 Å². The smallest absolute Gasteiger partial charge is 0.147 e. The van der Waals surface area contributed by atoms with Crippen molar-refractivity contribution in [2.45, 2.75) is 0 Å². The van der Waals surface area contributed by atoms with Crippen molar-refractivity contribution in [3.05, 3.63) is 158 Å². The Balaban J connectivity index is 1.42. The Bertz CT molecular complexity index is 3050. The summed E-state index contributed by atoms with van der Waals surface area (Å²) in [5, 5.41) is 8.53. The highest BCUT2D eigenvalue weighted by Crippen LogP contribution is 2.44. The second-order valence-corrected chi connectivity index (χ2v) is 12.4. The summed E-state index contributed by atoms with van der Waals surface area (Å²) in [5.74, 6) is 0. The van der Waals surface area contributed by atoms with Crippen LogP contribution < -0.4 is 0 Å². The van der Waals surface area contributed by atoms with Crippen LogP contribution in [0.25, 0.3) is 93.3 Å². The zero-order valence-corrected chi connectivity index (χ0v) is 25.3. The van der Waals surface area contributed by atoms with E-state index in [1.807, 2.05) is 0 Å². The van der Waals surface area contributed by atoms with Gasteiger partial charge in [-0.2, -0.15) is 0 Å². The molecule has 0 radical (unpaired) electrons. The van der Waals surface area contributed by atoms with Crippen molar-refractivity contribution in [2.75, 3.05) is 0 Å². The molecule has 0 N–H and O–H groups in total. The predicted octanol–water partition coefficient (Wildman–Crippen LogP) is 11.0. The van der Waals surface area contributed by atoms with Gasteiger partial charge in [0, 0.05) is 43.7 Å². The van der Waals surface area contributed by atoms with Crippen molar-refractivity contribution < 1.29 is 0 Å². The van der Waals surface area contributed by atoms with Crippen LogP contribution in [-0.4, -0.2) is 18.5 Å². The minimum Gasteiger partial charge on any atom is -0.309 e. The number of aromatic nitrogens is 4. The van der Waals surface area contributed by atoms with Crippen LogP contribution in [0.5, 0.6) is 0 Å². The van der Waals surface area contributed by atoms with Gasteiger partial charge in [0.15, 0.2) is 0 Å². The number of nitrogens with zero attached hydrogens (tertiary/aromatic N) is 4. The molecule has 0 fully saturated rings. The first-order valence-electron chi connectivity index (χ1n) is 16.1. The van der Waals surface area contributed by atoms with Gasteiger partial charge in [-0.3, -0.25) is 4.40 Å². The first-order valence-corrected chi connectivity index (χ1v) is 16.1. The Kier molecular flexibility index (Phi) is 4.81. The molecular weight excluding hydrogens is 573 g/mol. The molecule has 4 nitrogen and oxygen atoms in total. The summed E-state index contributed by atoms with van der Waals surface area (Å²) in [5.41, 5.74) is 11.3. The summed E-state index contributed by atoms with van der Waals surface area (Å²) in [6, 6.07) is 56.9. The van der Waals surface area contributed by atoms with Crippen LogP contribution in [0.3, 0.4) is 0 Å². The van der Waals surface area contributed by atoms with Gasteiger partial charge in [0.05, 0.1) is 38.6 Å². The van der Waals surface area contributed by atoms with Crippen molar-refractivity contribution in [3.63, 3.8) is 0 Å². The van der Waals surface area contributed by atoms with Gasteiger partial charge in [-0.1, -0.05) is 91.0 Å². The van der Waals surface area contributed by atoms with Gasteiger partial charge < -0.3 is 9.13 Å². The standard InChI is InChI=1S/C43H26N4/c1-3-13-27(14-4-1)45-36-21-11-8-18-31(36)41-38(45)24-23-30-33-26-39-32(29-17-7-10-20-35(29)46(39)28-15-5-2-6-16-28)25-40(33)47-37-22-12-9-19-34(37)44-43(47)42(30)41/h1-26H. The van der Waals surface area contributed by atoms with Crippen LogP contribution in [0, 0.1) is 0 Å². The van der Waals surface area contributed by atoms with Gasteiger partial charge in [-0.25, -0.2) is 4.98 Å². The summed E-state index contributed by atoms with van der Waals surface area (Å²) in [4.78, 5) is 5.38. The summed E-state index contributed by atoms with van der Waals surface area (Å²) in [6.07, 6.45) is 0. The molecule has 4 aromatic heterocycles. The Hall–Kier alpha value is -6.39. The largest absolute Gasteiger partial charge is 0.309 e. The average molecular weight is 599 g/mol. The van der Waals surface area contributed by atoms with E-state index >= 15 is 0 Å². The third kappa shape index (κ3) is 3.23. The lowest BCUT2D eigenvalue weighted by atomic mass is 9.99. The average Bonchev–Trinajstić information content (AvgIpc) is 3.79. The highest BCUT2D eigenvalue weighted by Gasteiger charge is 2.22. The zero-order chi connectivity index (χ0) is 30.6. The Morgan fingerprint density at radius 2 is 0.894 bits per heavy atom. The molecule has 0 atom stereocenters. The zero-order valence-electron chi connectivity index (χ0n) is 25.3. The molecule has 0 aliphatic rings. The topological polar surface area (TPSA) is 27.2 Å². The van der Waals surface area contributed by atoms with Crippen LogP contribution >= 0.6 is 0 Å². The van der Waals surface area contributed by atoms with E-state index in [0.717, 1.165) is 33.6 Å². The van der Waals surface area contributed by atoms with Crippen molar-refractivity contribution in [2.24, 2.45) is 0 Å². The van der Waals surface area contributed by atoms with E-state index < -0.39 is 0 Å². The first-order chi connectivity index (χ1) is 23.3. The van der Waals surface area contributed by atoms with Crippen molar-refractivity contribution in [1.29, 1.82) is 0 Å². The SMILES string of the molecule is c1ccc(-n2c3ccccc3c3cc4c(cc32)c2ccc3c(c5ccccc5n3-c3ccccc3)c2c2nc3ccccc3n42)cc1. The summed E-state index contributed by atoms with van der Waals surface area (Å²) >= 11 is 0. The van der Waals surface area contributed by atoms with E-state index in [9.17, 15) is 0 Å². The van der Waals surface area contributed by atoms with E-state index in [0.29, 0.717) is 0 Å². The monoisotopic (exact) mass is 598 g/mol. The molecule has 4 heteroatoms. The normalized spacial score (nSPS) is 12.3. The number of para-hydroxylation sites is 6. The van der Waals surface area contributed by atoms with Crippen molar-refractivity contribution in [1.82, 2.24) is 18.5 Å². The highest BCUT2D eigenvalue weighted by atomic mass is 15.0. The summed E-state index contributed by atoms with van der Waals surface area (Å²) in [7, 11) is 0. The van der Waals surface area contributed by atoms with Crippen LogP contribution in [0.2, 0.25) is 0 Å². The molecule has 0 aliphatic heterocycles. The number of benzene rings is 7.